The van der Waals surface area contributed by atoms with E-state index in [1.807, 2.05) is 12.1 Å². The molecule has 0 aromatic heterocycles. The summed E-state index contributed by atoms with van der Waals surface area (Å²) in [7, 11) is 0. The predicted octanol–water partition coefficient (Wildman–Crippen LogP) is 2.12. The highest BCUT2D eigenvalue weighted by Crippen LogP contribution is 2.31. The standard InChI is InChI=1S/C17H22FN3O/c18-16-6-1-7-17(15(16)10-19)21-9-3-4-13(21)11-20-8-2-5-14(20)12-22/h1,6-7,13-14,22H,2-5,8-9,11-12H2/t13-,14-/m1/s1. The number of aliphatic hydroxyl groups excluding tert-OH is 1. The van der Waals surface area contributed by atoms with E-state index in [0.29, 0.717) is 11.7 Å². The molecule has 2 aliphatic heterocycles. The van der Waals surface area contributed by atoms with Gasteiger partial charge < -0.3 is 10.0 Å². The first kappa shape index (κ1) is 15.3. The van der Waals surface area contributed by atoms with Gasteiger partial charge in [0.1, 0.15) is 17.4 Å². The van der Waals surface area contributed by atoms with E-state index < -0.39 is 5.82 Å². The van der Waals surface area contributed by atoms with Crippen LogP contribution in [0.1, 0.15) is 31.2 Å². The number of halogens is 1. The summed E-state index contributed by atoms with van der Waals surface area (Å²) in [5, 5.41) is 18.7. The molecule has 0 amide bonds. The minimum absolute atomic E-state index is 0.148. The number of anilines is 1. The van der Waals surface area contributed by atoms with Crippen molar-refractivity contribution in [1.82, 2.24) is 4.90 Å². The number of nitriles is 1. The molecule has 3 rings (SSSR count). The largest absolute Gasteiger partial charge is 0.395 e. The quantitative estimate of drug-likeness (QED) is 0.926. The van der Waals surface area contributed by atoms with Crippen molar-refractivity contribution in [1.29, 1.82) is 5.26 Å². The first-order chi connectivity index (χ1) is 10.7. The summed E-state index contributed by atoms with van der Waals surface area (Å²) in [6, 6.07) is 7.41. The van der Waals surface area contributed by atoms with E-state index in [4.69, 9.17) is 0 Å². The predicted molar refractivity (Wildman–Crippen MR) is 83.2 cm³/mol. The molecule has 2 heterocycles. The Balaban J connectivity index is 1.79. The Bertz CT molecular complexity index is 572. The van der Waals surface area contributed by atoms with Gasteiger partial charge in [-0.15, -0.1) is 0 Å². The maximum Gasteiger partial charge on any atom is 0.143 e. The molecule has 1 aromatic carbocycles. The summed E-state index contributed by atoms with van der Waals surface area (Å²) in [5.41, 5.74) is 0.860. The average molecular weight is 303 g/mol. The van der Waals surface area contributed by atoms with Gasteiger partial charge in [-0.3, -0.25) is 4.90 Å². The summed E-state index contributed by atoms with van der Waals surface area (Å²) in [4.78, 5) is 4.52. The number of rotatable bonds is 4. The van der Waals surface area contributed by atoms with Gasteiger partial charge >= 0.3 is 0 Å². The van der Waals surface area contributed by atoms with Crippen LogP contribution in [0.2, 0.25) is 0 Å². The second-order valence-corrected chi connectivity index (χ2v) is 6.21. The summed E-state index contributed by atoms with van der Waals surface area (Å²) in [6.07, 6.45) is 4.29. The van der Waals surface area contributed by atoms with Crippen LogP contribution in [0.25, 0.3) is 0 Å². The van der Waals surface area contributed by atoms with Gasteiger partial charge in [0.2, 0.25) is 0 Å². The van der Waals surface area contributed by atoms with Crippen LogP contribution < -0.4 is 4.90 Å². The number of hydrogen-bond acceptors (Lipinski definition) is 4. The fourth-order valence-electron chi connectivity index (χ4n) is 3.82. The van der Waals surface area contributed by atoms with Crippen molar-refractivity contribution in [2.45, 2.75) is 37.8 Å². The molecule has 1 aromatic rings. The zero-order chi connectivity index (χ0) is 15.5. The normalized spacial score (nSPS) is 25.6. The summed E-state index contributed by atoms with van der Waals surface area (Å²) < 4.78 is 13.9. The van der Waals surface area contributed by atoms with Gasteiger partial charge in [-0.1, -0.05) is 6.07 Å². The lowest BCUT2D eigenvalue weighted by Gasteiger charge is -2.33. The number of nitrogens with zero attached hydrogens (tertiary/aromatic N) is 3. The molecule has 2 aliphatic rings. The van der Waals surface area contributed by atoms with E-state index in [-0.39, 0.29) is 18.2 Å². The molecular formula is C17H22FN3O. The van der Waals surface area contributed by atoms with Crippen LogP contribution >= 0.6 is 0 Å². The Morgan fingerprint density at radius 2 is 2.00 bits per heavy atom. The van der Waals surface area contributed by atoms with Crippen molar-refractivity contribution in [2.75, 3.05) is 31.1 Å². The molecular weight excluding hydrogens is 281 g/mol. The summed E-state index contributed by atoms with van der Waals surface area (Å²) in [5.74, 6) is -0.444. The van der Waals surface area contributed by atoms with Crippen LogP contribution in [0.5, 0.6) is 0 Å². The van der Waals surface area contributed by atoms with Crippen molar-refractivity contribution in [3.63, 3.8) is 0 Å². The number of likely N-dealkylation sites (tertiary alicyclic amines) is 1. The Kier molecular flexibility index (Phi) is 4.60. The molecule has 2 atom stereocenters. The van der Waals surface area contributed by atoms with Crippen molar-refractivity contribution in [3.05, 3.63) is 29.6 Å². The van der Waals surface area contributed by atoms with E-state index >= 15 is 0 Å². The first-order valence-corrected chi connectivity index (χ1v) is 8.04. The third kappa shape index (κ3) is 2.81. The Hall–Kier alpha value is -1.64. The van der Waals surface area contributed by atoms with Crippen molar-refractivity contribution < 1.29 is 9.50 Å². The molecule has 0 saturated carbocycles. The molecule has 2 saturated heterocycles. The van der Waals surface area contributed by atoms with E-state index in [0.717, 1.165) is 45.3 Å². The zero-order valence-corrected chi connectivity index (χ0v) is 12.7. The monoisotopic (exact) mass is 303 g/mol. The molecule has 0 unspecified atom stereocenters. The molecule has 0 bridgehead atoms. The topological polar surface area (TPSA) is 50.5 Å². The van der Waals surface area contributed by atoms with Gasteiger partial charge in [-0.25, -0.2) is 4.39 Å². The van der Waals surface area contributed by atoms with Crippen LogP contribution in [0.15, 0.2) is 18.2 Å². The van der Waals surface area contributed by atoms with Crippen LogP contribution in [0.4, 0.5) is 10.1 Å². The minimum atomic E-state index is -0.444. The van der Waals surface area contributed by atoms with Crippen LogP contribution in [-0.4, -0.2) is 48.3 Å². The molecule has 118 valence electrons. The first-order valence-electron chi connectivity index (χ1n) is 8.04. The third-order valence-electron chi connectivity index (χ3n) is 4.95. The summed E-state index contributed by atoms with van der Waals surface area (Å²) >= 11 is 0. The SMILES string of the molecule is N#Cc1c(F)cccc1N1CCC[C@@H]1CN1CCC[C@@H]1CO. The highest BCUT2D eigenvalue weighted by Gasteiger charge is 2.32. The molecule has 0 spiro atoms. The van der Waals surface area contributed by atoms with Gasteiger partial charge in [0.05, 0.1) is 12.3 Å². The second-order valence-electron chi connectivity index (χ2n) is 6.21. The number of hydrogen-bond donors (Lipinski definition) is 1. The van der Waals surface area contributed by atoms with Gasteiger partial charge in [-0.05, 0) is 44.4 Å². The van der Waals surface area contributed by atoms with Crippen LogP contribution in [-0.2, 0) is 0 Å². The smallest absolute Gasteiger partial charge is 0.143 e. The Labute approximate surface area is 130 Å². The molecule has 0 radical (unpaired) electrons. The van der Waals surface area contributed by atoms with E-state index in [1.165, 1.54) is 6.07 Å². The molecule has 22 heavy (non-hydrogen) atoms. The summed E-state index contributed by atoms with van der Waals surface area (Å²) in [6.45, 7) is 2.97. The van der Waals surface area contributed by atoms with Gasteiger partial charge in [0.25, 0.3) is 0 Å². The fraction of sp³-hybridized carbons (Fsp3) is 0.588. The van der Waals surface area contributed by atoms with Gasteiger partial charge in [0.15, 0.2) is 0 Å². The zero-order valence-electron chi connectivity index (χ0n) is 12.7. The van der Waals surface area contributed by atoms with E-state index in [1.54, 1.807) is 6.07 Å². The minimum Gasteiger partial charge on any atom is -0.395 e. The van der Waals surface area contributed by atoms with E-state index in [9.17, 15) is 14.8 Å². The molecule has 5 heteroatoms. The molecule has 4 nitrogen and oxygen atoms in total. The average Bonchev–Trinajstić information content (AvgIpc) is 3.16. The van der Waals surface area contributed by atoms with Crippen molar-refractivity contribution >= 4 is 5.69 Å². The highest BCUT2D eigenvalue weighted by molar-refractivity contribution is 5.61. The maximum atomic E-state index is 13.9. The lowest BCUT2D eigenvalue weighted by atomic mass is 10.1. The lowest BCUT2D eigenvalue weighted by Crippen LogP contribution is -2.43. The highest BCUT2D eigenvalue weighted by atomic mass is 19.1. The molecule has 1 N–H and O–H groups in total. The molecule has 0 aliphatic carbocycles. The lowest BCUT2D eigenvalue weighted by molar-refractivity contribution is 0.153. The van der Waals surface area contributed by atoms with Crippen molar-refractivity contribution in [2.24, 2.45) is 0 Å². The van der Waals surface area contributed by atoms with Gasteiger partial charge in [0, 0.05) is 25.2 Å². The van der Waals surface area contributed by atoms with Crippen LogP contribution in [0, 0.1) is 17.1 Å². The van der Waals surface area contributed by atoms with E-state index in [2.05, 4.69) is 9.80 Å². The van der Waals surface area contributed by atoms with Gasteiger partial charge in [-0.2, -0.15) is 5.26 Å². The third-order valence-corrected chi connectivity index (χ3v) is 4.95. The van der Waals surface area contributed by atoms with Crippen LogP contribution in [0.3, 0.4) is 0 Å². The Morgan fingerprint density at radius 1 is 1.23 bits per heavy atom. The number of benzene rings is 1. The molecule has 2 fully saturated rings. The Morgan fingerprint density at radius 3 is 2.77 bits per heavy atom. The van der Waals surface area contributed by atoms with Crippen molar-refractivity contribution in [3.8, 4) is 6.07 Å². The number of aliphatic hydroxyl groups is 1. The second kappa shape index (κ2) is 6.64. The fourth-order valence-corrected chi connectivity index (χ4v) is 3.82. The maximum absolute atomic E-state index is 13.9.